The number of hydrogen-bond donors (Lipinski definition) is 2. The predicted molar refractivity (Wildman–Crippen MR) is 105 cm³/mol. The van der Waals surface area contributed by atoms with Crippen LogP contribution in [0.4, 0.5) is 0 Å². The second kappa shape index (κ2) is 12.7. The van der Waals surface area contributed by atoms with E-state index in [4.69, 9.17) is 4.74 Å². The highest BCUT2D eigenvalue weighted by atomic mass is 16.5. The van der Waals surface area contributed by atoms with Gasteiger partial charge in [-0.3, -0.25) is 0 Å². The number of nitrogens with zero attached hydrogens (tertiary/aromatic N) is 1. The number of rotatable bonds is 7. The zero-order valence-corrected chi connectivity index (χ0v) is 17.2. The van der Waals surface area contributed by atoms with E-state index in [1.54, 1.807) is 0 Å². The first-order valence-corrected chi connectivity index (χ1v) is 10.8. The fraction of sp³-hybridized carbons (Fsp3) is 0.952. The molecule has 2 aliphatic rings. The Morgan fingerprint density at radius 1 is 0.962 bits per heavy atom. The van der Waals surface area contributed by atoms with E-state index in [2.05, 4.69) is 25.7 Å². The van der Waals surface area contributed by atoms with Gasteiger partial charge in [-0.2, -0.15) is 0 Å². The van der Waals surface area contributed by atoms with Gasteiger partial charge in [0.05, 0.1) is 6.10 Å². The van der Waals surface area contributed by atoms with E-state index in [-0.39, 0.29) is 0 Å². The fourth-order valence-corrected chi connectivity index (χ4v) is 4.15. The molecular formula is C21H41NO4. The Labute approximate surface area is 160 Å². The van der Waals surface area contributed by atoms with Gasteiger partial charge in [-0.05, 0) is 51.2 Å². The third kappa shape index (κ3) is 7.53. The summed E-state index contributed by atoms with van der Waals surface area (Å²) in [6.45, 7) is 10.7. The molecule has 1 aliphatic heterocycles. The third-order valence-electron chi connectivity index (χ3n) is 6.00. The molecule has 2 unspecified atom stereocenters. The highest BCUT2D eigenvalue weighted by Crippen LogP contribution is 2.35. The standard InChI is InChI=1S/C15H26O4.C6H15N/c16-14(17)15(18,13-9-5-6-10-19-13)11-12-7-3-1-2-4-8-12;1-4-7(5-2)6-3/h12-13,18H,1-11H2,(H,16,17);4-6H2,1-3H3. The van der Waals surface area contributed by atoms with Crippen molar-refractivity contribution in [2.75, 3.05) is 26.2 Å². The van der Waals surface area contributed by atoms with E-state index in [9.17, 15) is 15.0 Å². The van der Waals surface area contributed by atoms with Crippen LogP contribution in [0.25, 0.3) is 0 Å². The van der Waals surface area contributed by atoms with Gasteiger partial charge >= 0.3 is 5.97 Å². The monoisotopic (exact) mass is 371 g/mol. The SMILES string of the molecule is CCN(CC)CC.O=C(O)C(O)(CC1CCCCCC1)C1CCCCO1. The topological polar surface area (TPSA) is 70.0 Å². The van der Waals surface area contributed by atoms with Gasteiger partial charge in [-0.25, -0.2) is 4.79 Å². The molecule has 0 radical (unpaired) electrons. The smallest absolute Gasteiger partial charge is 0.338 e. The lowest BCUT2D eigenvalue weighted by Gasteiger charge is -2.37. The molecule has 1 saturated carbocycles. The van der Waals surface area contributed by atoms with Gasteiger partial charge < -0.3 is 19.8 Å². The fourth-order valence-electron chi connectivity index (χ4n) is 4.15. The van der Waals surface area contributed by atoms with Crippen molar-refractivity contribution in [3.63, 3.8) is 0 Å². The summed E-state index contributed by atoms with van der Waals surface area (Å²) in [6, 6.07) is 0. The van der Waals surface area contributed by atoms with Crippen LogP contribution >= 0.6 is 0 Å². The molecule has 1 aliphatic carbocycles. The molecule has 2 atom stereocenters. The Balaban J connectivity index is 0.000000412. The van der Waals surface area contributed by atoms with Crippen LogP contribution in [0.3, 0.4) is 0 Å². The molecule has 1 heterocycles. The Kier molecular flexibility index (Phi) is 11.4. The van der Waals surface area contributed by atoms with Crippen molar-refractivity contribution >= 4 is 5.97 Å². The summed E-state index contributed by atoms with van der Waals surface area (Å²) in [6.07, 6.45) is 9.29. The first kappa shape index (κ1) is 23.4. The van der Waals surface area contributed by atoms with Gasteiger partial charge in [0.15, 0.2) is 5.60 Å². The molecule has 1 saturated heterocycles. The maximum atomic E-state index is 11.6. The summed E-state index contributed by atoms with van der Waals surface area (Å²) in [7, 11) is 0. The lowest BCUT2D eigenvalue weighted by atomic mass is 9.80. The van der Waals surface area contributed by atoms with Crippen LogP contribution in [0.2, 0.25) is 0 Å². The van der Waals surface area contributed by atoms with Crippen LogP contribution in [0, 0.1) is 5.92 Å². The predicted octanol–water partition coefficient (Wildman–Crippen LogP) is 4.08. The molecule has 0 aromatic heterocycles. The quantitative estimate of drug-likeness (QED) is 0.660. The van der Waals surface area contributed by atoms with E-state index in [1.807, 2.05) is 0 Å². The number of aliphatic carboxylic acids is 1. The van der Waals surface area contributed by atoms with Crippen LogP contribution in [-0.2, 0) is 9.53 Å². The van der Waals surface area contributed by atoms with Gasteiger partial charge in [-0.1, -0.05) is 59.3 Å². The molecule has 2 rings (SSSR count). The van der Waals surface area contributed by atoms with Gasteiger partial charge in [0.1, 0.15) is 0 Å². The number of ether oxygens (including phenoxy) is 1. The second-order valence-electron chi connectivity index (χ2n) is 7.77. The average Bonchev–Trinajstić information content (AvgIpc) is 2.93. The van der Waals surface area contributed by atoms with Gasteiger partial charge in [0.2, 0.25) is 0 Å². The molecule has 0 spiro atoms. The van der Waals surface area contributed by atoms with E-state index < -0.39 is 17.7 Å². The summed E-state index contributed by atoms with van der Waals surface area (Å²) in [4.78, 5) is 13.9. The van der Waals surface area contributed by atoms with E-state index in [1.165, 1.54) is 32.5 Å². The largest absolute Gasteiger partial charge is 0.479 e. The Bertz CT molecular complexity index is 367. The van der Waals surface area contributed by atoms with Crippen LogP contribution in [0.1, 0.15) is 85.0 Å². The van der Waals surface area contributed by atoms with Crippen LogP contribution in [0.15, 0.2) is 0 Å². The van der Waals surface area contributed by atoms with Crippen molar-refractivity contribution in [2.45, 2.75) is 96.7 Å². The van der Waals surface area contributed by atoms with Crippen molar-refractivity contribution in [3.05, 3.63) is 0 Å². The minimum absolute atomic E-state index is 0.328. The summed E-state index contributed by atoms with van der Waals surface area (Å²) in [5.74, 6) is -0.780. The third-order valence-corrected chi connectivity index (χ3v) is 6.00. The van der Waals surface area contributed by atoms with E-state index in [0.717, 1.165) is 38.5 Å². The van der Waals surface area contributed by atoms with Crippen LogP contribution in [-0.4, -0.2) is 59.0 Å². The number of aliphatic hydroxyl groups is 1. The minimum Gasteiger partial charge on any atom is -0.479 e. The molecule has 5 heteroatoms. The van der Waals surface area contributed by atoms with Gasteiger partial charge in [0, 0.05) is 6.61 Å². The van der Waals surface area contributed by atoms with Crippen molar-refractivity contribution in [2.24, 2.45) is 5.92 Å². The maximum absolute atomic E-state index is 11.6. The van der Waals surface area contributed by atoms with Crippen LogP contribution < -0.4 is 0 Å². The summed E-state index contributed by atoms with van der Waals surface area (Å²) < 4.78 is 5.55. The summed E-state index contributed by atoms with van der Waals surface area (Å²) >= 11 is 0. The summed E-state index contributed by atoms with van der Waals surface area (Å²) in [5.41, 5.74) is -1.69. The van der Waals surface area contributed by atoms with Crippen molar-refractivity contribution in [1.29, 1.82) is 0 Å². The van der Waals surface area contributed by atoms with Gasteiger partial charge in [0.25, 0.3) is 0 Å². The van der Waals surface area contributed by atoms with Crippen molar-refractivity contribution in [3.8, 4) is 0 Å². The molecule has 26 heavy (non-hydrogen) atoms. The minimum atomic E-state index is -1.69. The zero-order valence-electron chi connectivity index (χ0n) is 17.2. The number of carboxylic acid groups (broad SMARTS) is 1. The molecule has 0 amide bonds. The zero-order chi connectivity index (χ0) is 19.4. The lowest BCUT2D eigenvalue weighted by molar-refractivity contribution is -0.186. The van der Waals surface area contributed by atoms with E-state index >= 15 is 0 Å². The highest BCUT2D eigenvalue weighted by molar-refractivity contribution is 5.78. The summed E-state index contributed by atoms with van der Waals surface area (Å²) in [5, 5.41) is 20.1. The molecule has 154 valence electrons. The van der Waals surface area contributed by atoms with Crippen LogP contribution in [0.5, 0.6) is 0 Å². The second-order valence-corrected chi connectivity index (χ2v) is 7.77. The number of carboxylic acids is 1. The molecule has 0 aromatic carbocycles. The Hall–Kier alpha value is -0.650. The van der Waals surface area contributed by atoms with Crippen molar-refractivity contribution < 1.29 is 19.7 Å². The first-order valence-electron chi connectivity index (χ1n) is 10.8. The van der Waals surface area contributed by atoms with Crippen molar-refractivity contribution in [1.82, 2.24) is 4.90 Å². The molecule has 2 fully saturated rings. The normalized spacial score (nSPS) is 24.3. The molecule has 5 nitrogen and oxygen atoms in total. The first-order chi connectivity index (χ1) is 12.5. The molecule has 2 N–H and O–H groups in total. The number of hydrogen-bond acceptors (Lipinski definition) is 4. The highest BCUT2D eigenvalue weighted by Gasteiger charge is 2.46. The Morgan fingerprint density at radius 3 is 1.88 bits per heavy atom. The number of carbonyl (C=O) groups is 1. The van der Waals surface area contributed by atoms with E-state index in [0.29, 0.717) is 25.4 Å². The Morgan fingerprint density at radius 2 is 1.50 bits per heavy atom. The average molecular weight is 372 g/mol. The molecular weight excluding hydrogens is 330 g/mol. The molecule has 0 bridgehead atoms. The lowest BCUT2D eigenvalue weighted by Crippen LogP contribution is -2.53. The molecule has 0 aromatic rings. The maximum Gasteiger partial charge on any atom is 0.338 e. The van der Waals surface area contributed by atoms with Gasteiger partial charge in [-0.15, -0.1) is 0 Å².